The Labute approximate surface area is 146 Å². The van der Waals surface area contributed by atoms with Gasteiger partial charge in [-0.15, -0.1) is 0 Å². The second-order valence-corrected chi connectivity index (χ2v) is 6.26. The predicted molar refractivity (Wildman–Crippen MR) is 92.6 cm³/mol. The van der Waals surface area contributed by atoms with Crippen LogP contribution in [0.1, 0.15) is 31.2 Å². The molecule has 7 heteroatoms. The molecule has 0 bridgehead atoms. The van der Waals surface area contributed by atoms with Gasteiger partial charge in [-0.3, -0.25) is 9.89 Å². The number of aromatic amines is 1. The Morgan fingerprint density at radius 1 is 1.20 bits per heavy atom. The molecule has 3 rings (SSSR count). The highest BCUT2D eigenvalue weighted by Crippen LogP contribution is 2.30. The molecule has 1 aliphatic rings. The van der Waals surface area contributed by atoms with Crippen molar-refractivity contribution in [3.8, 4) is 11.3 Å². The zero-order valence-electron chi connectivity index (χ0n) is 14.2. The van der Waals surface area contributed by atoms with Crippen molar-refractivity contribution in [3.63, 3.8) is 0 Å². The average molecular weight is 342 g/mol. The van der Waals surface area contributed by atoms with Crippen LogP contribution in [-0.4, -0.2) is 34.8 Å². The summed E-state index contributed by atoms with van der Waals surface area (Å²) in [5.41, 5.74) is 2.11. The Hall–Kier alpha value is -2.83. The van der Waals surface area contributed by atoms with E-state index in [0.717, 1.165) is 29.7 Å². The molecule has 0 unspecified atom stereocenters. The molecule has 1 saturated carbocycles. The summed E-state index contributed by atoms with van der Waals surface area (Å²) < 4.78 is 4.66. The first kappa shape index (κ1) is 17.0. The maximum Gasteiger partial charge on any atom is 0.407 e. The maximum atomic E-state index is 12.7. The third kappa shape index (κ3) is 3.81. The highest BCUT2D eigenvalue weighted by Gasteiger charge is 2.42. The van der Waals surface area contributed by atoms with Crippen LogP contribution in [0, 0.1) is 0 Å². The van der Waals surface area contributed by atoms with Crippen molar-refractivity contribution >= 4 is 12.0 Å². The molecule has 0 spiro atoms. The summed E-state index contributed by atoms with van der Waals surface area (Å²) >= 11 is 0. The smallest absolute Gasteiger partial charge is 0.407 e. The molecule has 2 aromatic rings. The molecule has 1 heterocycles. The normalized spacial score (nSPS) is 15.6. The Morgan fingerprint density at radius 2 is 1.92 bits per heavy atom. The standard InChI is InChI=1S/C18H22N4O3/c1-25-17(24)21-18(9-2-3-10-18)16(23)19-12-13-4-6-14(7-5-13)15-8-11-20-22-15/h4-8,11H,2-3,9-10,12H2,1H3,(H,19,23)(H,20,22)(H,21,24). The topological polar surface area (TPSA) is 96.1 Å². The number of aromatic nitrogens is 2. The van der Waals surface area contributed by atoms with Crippen molar-refractivity contribution in [2.45, 2.75) is 37.8 Å². The van der Waals surface area contributed by atoms with Crippen LogP contribution >= 0.6 is 0 Å². The van der Waals surface area contributed by atoms with Crippen molar-refractivity contribution in [1.82, 2.24) is 20.8 Å². The van der Waals surface area contributed by atoms with Crippen molar-refractivity contribution in [2.24, 2.45) is 0 Å². The number of carbonyl (C=O) groups excluding carboxylic acids is 2. The molecule has 0 saturated heterocycles. The molecule has 0 aliphatic heterocycles. The third-order valence-electron chi connectivity index (χ3n) is 4.64. The molecule has 132 valence electrons. The van der Waals surface area contributed by atoms with Crippen LogP contribution in [0.2, 0.25) is 0 Å². The fourth-order valence-electron chi connectivity index (χ4n) is 3.20. The lowest BCUT2D eigenvalue weighted by Gasteiger charge is -2.28. The van der Waals surface area contributed by atoms with Gasteiger partial charge in [0, 0.05) is 12.7 Å². The summed E-state index contributed by atoms with van der Waals surface area (Å²) in [6.07, 6.45) is 4.23. The van der Waals surface area contributed by atoms with Gasteiger partial charge < -0.3 is 15.4 Å². The van der Waals surface area contributed by atoms with Gasteiger partial charge in [0.2, 0.25) is 5.91 Å². The lowest BCUT2D eigenvalue weighted by Crippen LogP contribution is -2.57. The molecule has 7 nitrogen and oxygen atoms in total. The number of carbonyl (C=O) groups is 2. The lowest BCUT2D eigenvalue weighted by molar-refractivity contribution is -0.127. The number of nitrogens with one attached hydrogen (secondary N) is 3. The van der Waals surface area contributed by atoms with Crippen LogP contribution in [0.15, 0.2) is 36.5 Å². The van der Waals surface area contributed by atoms with Crippen molar-refractivity contribution < 1.29 is 14.3 Å². The first-order valence-corrected chi connectivity index (χ1v) is 8.36. The number of rotatable bonds is 5. The minimum absolute atomic E-state index is 0.159. The number of alkyl carbamates (subject to hydrolysis) is 1. The van der Waals surface area contributed by atoms with Crippen LogP contribution in [0.4, 0.5) is 4.79 Å². The van der Waals surface area contributed by atoms with E-state index in [1.807, 2.05) is 30.3 Å². The summed E-state index contributed by atoms with van der Waals surface area (Å²) in [4.78, 5) is 24.2. The Bertz CT molecular complexity index is 719. The molecular weight excluding hydrogens is 320 g/mol. The highest BCUT2D eigenvalue weighted by atomic mass is 16.5. The molecule has 0 atom stereocenters. The van der Waals surface area contributed by atoms with Gasteiger partial charge >= 0.3 is 6.09 Å². The SMILES string of the molecule is COC(=O)NC1(C(=O)NCc2ccc(-c3ccn[nH]3)cc2)CCCC1. The fraction of sp³-hybridized carbons (Fsp3) is 0.389. The molecule has 2 amide bonds. The second-order valence-electron chi connectivity index (χ2n) is 6.26. The van der Waals surface area contributed by atoms with Gasteiger partial charge in [0.1, 0.15) is 5.54 Å². The van der Waals surface area contributed by atoms with E-state index in [-0.39, 0.29) is 5.91 Å². The predicted octanol–water partition coefficient (Wildman–Crippen LogP) is 2.36. The van der Waals surface area contributed by atoms with E-state index in [1.165, 1.54) is 7.11 Å². The van der Waals surface area contributed by atoms with Gasteiger partial charge in [0.15, 0.2) is 0 Å². The van der Waals surface area contributed by atoms with Crippen LogP contribution in [-0.2, 0) is 16.1 Å². The zero-order chi connectivity index (χ0) is 17.7. The minimum Gasteiger partial charge on any atom is -0.453 e. The molecule has 0 radical (unpaired) electrons. The first-order chi connectivity index (χ1) is 12.1. The molecule has 1 aromatic heterocycles. The largest absolute Gasteiger partial charge is 0.453 e. The van der Waals surface area contributed by atoms with Gasteiger partial charge in [-0.2, -0.15) is 5.10 Å². The number of benzene rings is 1. The molecular formula is C18H22N4O3. The highest BCUT2D eigenvalue weighted by molar-refractivity contribution is 5.90. The van der Waals surface area contributed by atoms with E-state index >= 15 is 0 Å². The summed E-state index contributed by atoms with van der Waals surface area (Å²) in [5.74, 6) is -0.159. The van der Waals surface area contributed by atoms with Crippen molar-refractivity contribution in [2.75, 3.05) is 7.11 Å². The quantitative estimate of drug-likeness (QED) is 0.777. The molecule has 1 aliphatic carbocycles. The van der Waals surface area contributed by atoms with Crippen LogP contribution < -0.4 is 10.6 Å². The Morgan fingerprint density at radius 3 is 2.52 bits per heavy atom. The van der Waals surface area contributed by atoms with E-state index in [2.05, 4.69) is 25.6 Å². The number of hydrogen-bond acceptors (Lipinski definition) is 4. The van der Waals surface area contributed by atoms with Gasteiger partial charge in [0.25, 0.3) is 0 Å². The third-order valence-corrected chi connectivity index (χ3v) is 4.64. The average Bonchev–Trinajstić information content (AvgIpc) is 3.32. The number of H-pyrrole nitrogens is 1. The number of hydrogen-bond donors (Lipinski definition) is 3. The minimum atomic E-state index is -0.858. The van der Waals surface area contributed by atoms with Crippen LogP contribution in [0.3, 0.4) is 0 Å². The van der Waals surface area contributed by atoms with Crippen molar-refractivity contribution in [1.29, 1.82) is 0 Å². The van der Waals surface area contributed by atoms with Gasteiger partial charge in [-0.1, -0.05) is 37.1 Å². The number of ether oxygens (including phenoxy) is 1. The zero-order valence-corrected chi connectivity index (χ0v) is 14.2. The Balaban J connectivity index is 1.62. The monoisotopic (exact) mass is 342 g/mol. The Kier molecular flexibility index (Phi) is 5.02. The van der Waals surface area contributed by atoms with E-state index in [9.17, 15) is 9.59 Å². The summed E-state index contributed by atoms with van der Waals surface area (Å²) in [6, 6.07) is 9.79. The second kappa shape index (κ2) is 7.38. The molecule has 3 N–H and O–H groups in total. The molecule has 25 heavy (non-hydrogen) atoms. The van der Waals surface area contributed by atoms with Crippen LogP contribution in [0.5, 0.6) is 0 Å². The number of amides is 2. The lowest BCUT2D eigenvalue weighted by atomic mass is 9.96. The van der Waals surface area contributed by atoms with Crippen molar-refractivity contribution in [3.05, 3.63) is 42.1 Å². The summed E-state index contributed by atoms with van der Waals surface area (Å²) in [7, 11) is 1.30. The summed E-state index contributed by atoms with van der Waals surface area (Å²) in [5, 5.41) is 12.5. The first-order valence-electron chi connectivity index (χ1n) is 8.36. The number of methoxy groups -OCH3 is 1. The van der Waals surface area contributed by atoms with Crippen LogP contribution in [0.25, 0.3) is 11.3 Å². The van der Waals surface area contributed by atoms with E-state index in [1.54, 1.807) is 6.20 Å². The molecule has 1 fully saturated rings. The van der Waals surface area contributed by atoms with E-state index < -0.39 is 11.6 Å². The fourth-order valence-corrected chi connectivity index (χ4v) is 3.20. The summed E-state index contributed by atoms with van der Waals surface area (Å²) in [6.45, 7) is 0.409. The van der Waals surface area contributed by atoms with E-state index in [0.29, 0.717) is 19.4 Å². The molecule has 1 aromatic carbocycles. The maximum absolute atomic E-state index is 12.7. The van der Waals surface area contributed by atoms with Gasteiger partial charge in [0.05, 0.1) is 12.8 Å². The number of nitrogens with zero attached hydrogens (tertiary/aromatic N) is 1. The van der Waals surface area contributed by atoms with E-state index in [4.69, 9.17) is 0 Å². The van der Waals surface area contributed by atoms with Gasteiger partial charge in [-0.25, -0.2) is 4.79 Å². The van der Waals surface area contributed by atoms with Gasteiger partial charge in [-0.05, 0) is 30.0 Å².